The molecule has 0 unspecified atom stereocenters. The number of carbonyl (C=O) groups excluding carboxylic acids is 1. The predicted molar refractivity (Wildman–Crippen MR) is 37.2 cm³/mol. The van der Waals surface area contributed by atoms with E-state index in [4.69, 9.17) is 15.6 Å². The Morgan fingerprint density at radius 1 is 1.90 bits per heavy atom. The van der Waals surface area contributed by atoms with Crippen molar-refractivity contribution in [1.29, 1.82) is 0 Å². The average molecular weight is 159 g/mol. The Bertz CT molecular complexity index is 182. The fourth-order valence-electron chi connectivity index (χ4n) is 0.234. The topological polar surface area (TPSA) is 79.0 Å². The number of nitrogens with two attached hydrogens (primary N) is 1. The molecule has 5 heteroatoms. The molecule has 1 aromatic heterocycles. The lowest BCUT2D eigenvalue weighted by Gasteiger charge is -1.77. The first-order valence-electron chi connectivity index (χ1n) is 2.45. The van der Waals surface area contributed by atoms with Crippen molar-refractivity contribution >= 4 is 22.4 Å². The van der Waals surface area contributed by atoms with Crippen LogP contribution in [0.1, 0.15) is 6.92 Å². The van der Waals surface area contributed by atoms with Crippen molar-refractivity contribution in [2.24, 2.45) is 0 Å². The molecule has 2 N–H and O–H groups in total. The summed E-state index contributed by atoms with van der Waals surface area (Å²) in [4.78, 5) is 12.6. The van der Waals surface area contributed by atoms with Crippen LogP contribution in [0.5, 0.6) is 0 Å². The average Bonchev–Trinajstić information content (AvgIpc) is 2.15. The molecule has 1 rings (SSSR count). The van der Waals surface area contributed by atoms with E-state index in [0.717, 1.165) is 6.92 Å². The highest BCUT2D eigenvalue weighted by Crippen LogP contribution is 2.02. The second-order valence-electron chi connectivity index (χ2n) is 1.36. The molecule has 1 aromatic rings. The maximum absolute atomic E-state index is 8.89. The molecule has 0 amide bonds. The summed E-state index contributed by atoms with van der Waals surface area (Å²) < 4.78 is 0. The van der Waals surface area contributed by atoms with E-state index < -0.39 is 5.97 Å². The minimum Gasteiger partial charge on any atom is -0.550 e. The lowest BCUT2D eigenvalue weighted by Crippen LogP contribution is -2.16. The summed E-state index contributed by atoms with van der Waals surface area (Å²) in [7, 11) is 0. The summed E-state index contributed by atoms with van der Waals surface area (Å²) in [6, 6.07) is 0. The summed E-state index contributed by atoms with van der Waals surface area (Å²) >= 11 is 1.44. The minimum atomic E-state index is -1.08. The van der Waals surface area contributed by atoms with Crippen molar-refractivity contribution in [1.82, 2.24) is 4.98 Å². The molecule has 0 saturated heterocycles. The van der Waals surface area contributed by atoms with Gasteiger partial charge in [0.1, 0.15) is 0 Å². The van der Waals surface area contributed by atoms with Gasteiger partial charge < -0.3 is 15.6 Å². The number of aliphatic carboxylic acids is 1. The Kier molecular flexibility index (Phi) is 4.23. The van der Waals surface area contributed by atoms with Crippen LogP contribution in [0.3, 0.4) is 0 Å². The Morgan fingerprint density at radius 2 is 2.40 bits per heavy atom. The molecule has 1 heterocycles. The van der Waals surface area contributed by atoms with Gasteiger partial charge >= 0.3 is 0 Å². The highest BCUT2D eigenvalue weighted by atomic mass is 32.1. The van der Waals surface area contributed by atoms with Gasteiger partial charge in [0.25, 0.3) is 0 Å². The Labute approximate surface area is 62.3 Å². The number of hydrogen-bond acceptors (Lipinski definition) is 5. The van der Waals surface area contributed by atoms with E-state index in [1.807, 2.05) is 5.38 Å². The highest BCUT2D eigenvalue weighted by molar-refractivity contribution is 7.13. The van der Waals surface area contributed by atoms with Gasteiger partial charge in [0.15, 0.2) is 5.13 Å². The third kappa shape index (κ3) is 6.90. The molecular weight excluding hydrogens is 152 g/mol. The van der Waals surface area contributed by atoms with E-state index in [-0.39, 0.29) is 0 Å². The number of aromatic nitrogens is 1. The largest absolute Gasteiger partial charge is 0.550 e. The van der Waals surface area contributed by atoms with E-state index in [0.29, 0.717) is 5.13 Å². The maximum atomic E-state index is 8.89. The number of nitrogens with zero attached hydrogens (tertiary/aromatic N) is 1. The second-order valence-corrected chi connectivity index (χ2v) is 2.29. The number of anilines is 1. The number of carboxylic acids is 1. The van der Waals surface area contributed by atoms with E-state index in [2.05, 4.69) is 4.98 Å². The lowest BCUT2D eigenvalue weighted by atomic mass is 10.9. The molecule has 0 bridgehead atoms. The molecule has 0 atom stereocenters. The summed E-state index contributed by atoms with van der Waals surface area (Å²) in [6.07, 6.45) is 1.68. The molecule has 0 saturated carbocycles. The van der Waals surface area contributed by atoms with Crippen molar-refractivity contribution in [3.05, 3.63) is 11.6 Å². The smallest absolute Gasteiger partial charge is 0.179 e. The molecule has 0 aliphatic heterocycles. The third-order valence-electron chi connectivity index (χ3n) is 0.451. The minimum absolute atomic E-state index is 0.634. The fourth-order valence-corrected chi connectivity index (χ4v) is 0.617. The van der Waals surface area contributed by atoms with E-state index >= 15 is 0 Å². The summed E-state index contributed by atoms with van der Waals surface area (Å²) in [5, 5.41) is 11.4. The lowest BCUT2D eigenvalue weighted by molar-refractivity contribution is -0.302. The normalized spacial score (nSPS) is 7.70. The summed E-state index contributed by atoms with van der Waals surface area (Å²) in [5.74, 6) is -1.08. The standard InChI is InChI=1S/C3H4N2S.C2H4O2/c4-3-5-1-2-6-3;1-2(3)4/h1-2H,(H2,4,5);1H3,(H,3,4)/p-1. The van der Waals surface area contributed by atoms with Gasteiger partial charge in [0, 0.05) is 17.5 Å². The van der Waals surface area contributed by atoms with Crippen LogP contribution in [0, 0.1) is 0 Å². The van der Waals surface area contributed by atoms with Crippen LogP contribution in [0.2, 0.25) is 0 Å². The van der Waals surface area contributed by atoms with Crippen LogP contribution >= 0.6 is 11.3 Å². The zero-order chi connectivity index (χ0) is 7.98. The molecule has 0 aliphatic carbocycles. The van der Waals surface area contributed by atoms with Crippen molar-refractivity contribution in [2.45, 2.75) is 6.92 Å². The third-order valence-corrected chi connectivity index (χ3v) is 1.06. The zero-order valence-corrected chi connectivity index (χ0v) is 6.22. The molecule has 10 heavy (non-hydrogen) atoms. The van der Waals surface area contributed by atoms with E-state index in [1.54, 1.807) is 6.20 Å². The molecular formula is C5H7N2O2S-. The molecule has 0 aromatic carbocycles. The van der Waals surface area contributed by atoms with Gasteiger partial charge in [-0.1, -0.05) is 0 Å². The summed E-state index contributed by atoms with van der Waals surface area (Å²) in [6.45, 7) is 0.972. The number of rotatable bonds is 0. The monoisotopic (exact) mass is 159 g/mol. The quantitative estimate of drug-likeness (QED) is 0.552. The van der Waals surface area contributed by atoms with Gasteiger partial charge in [-0.15, -0.1) is 11.3 Å². The van der Waals surface area contributed by atoms with Gasteiger partial charge in [-0.25, -0.2) is 4.98 Å². The molecule has 0 radical (unpaired) electrons. The highest BCUT2D eigenvalue weighted by Gasteiger charge is 1.76. The van der Waals surface area contributed by atoms with E-state index in [1.165, 1.54) is 11.3 Å². The SMILES string of the molecule is CC(=O)[O-].Nc1nccs1. The maximum Gasteiger partial charge on any atom is 0.179 e. The van der Waals surface area contributed by atoms with Crippen LogP contribution in [0.15, 0.2) is 11.6 Å². The van der Waals surface area contributed by atoms with Gasteiger partial charge in [-0.05, 0) is 6.92 Å². The summed E-state index contributed by atoms with van der Waals surface area (Å²) in [5.41, 5.74) is 5.19. The Morgan fingerprint density at radius 3 is 2.50 bits per heavy atom. The Hall–Kier alpha value is -1.10. The van der Waals surface area contributed by atoms with Gasteiger partial charge in [0.2, 0.25) is 0 Å². The first-order valence-corrected chi connectivity index (χ1v) is 3.33. The van der Waals surface area contributed by atoms with Crippen LogP contribution in [0.4, 0.5) is 5.13 Å². The van der Waals surface area contributed by atoms with Crippen molar-refractivity contribution in [2.75, 3.05) is 5.73 Å². The Balaban J connectivity index is 0.000000180. The number of thiazole rings is 1. The van der Waals surface area contributed by atoms with Crippen LogP contribution in [-0.2, 0) is 4.79 Å². The molecule has 56 valence electrons. The molecule has 0 spiro atoms. The van der Waals surface area contributed by atoms with Crippen molar-refractivity contribution < 1.29 is 9.90 Å². The molecule has 4 nitrogen and oxygen atoms in total. The number of hydrogen-bond donors (Lipinski definition) is 1. The van der Waals surface area contributed by atoms with Gasteiger partial charge in [-0.2, -0.15) is 0 Å². The first kappa shape index (κ1) is 8.90. The first-order chi connectivity index (χ1) is 4.63. The number of nitrogen functional groups attached to an aromatic ring is 1. The van der Waals surface area contributed by atoms with Crippen LogP contribution < -0.4 is 10.8 Å². The van der Waals surface area contributed by atoms with Crippen molar-refractivity contribution in [3.8, 4) is 0 Å². The molecule has 0 aliphatic rings. The van der Waals surface area contributed by atoms with Crippen molar-refractivity contribution in [3.63, 3.8) is 0 Å². The van der Waals surface area contributed by atoms with Crippen LogP contribution in [0.25, 0.3) is 0 Å². The van der Waals surface area contributed by atoms with Gasteiger partial charge in [-0.3, -0.25) is 0 Å². The second kappa shape index (κ2) is 4.75. The van der Waals surface area contributed by atoms with Gasteiger partial charge in [0.05, 0.1) is 0 Å². The predicted octanol–water partition coefficient (Wildman–Crippen LogP) is -0.519. The van der Waals surface area contributed by atoms with Crippen LogP contribution in [-0.4, -0.2) is 11.0 Å². The fraction of sp³-hybridized carbons (Fsp3) is 0.200. The van der Waals surface area contributed by atoms with E-state index in [9.17, 15) is 0 Å². The number of carbonyl (C=O) groups is 1. The zero-order valence-electron chi connectivity index (χ0n) is 5.40. The molecule has 0 fully saturated rings. The number of carboxylic acid groups (broad SMARTS) is 1.